The summed E-state index contributed by atoms with van der Waals surface area (Å²) in [5.41, 5.74) is 1.38. The largest absolute Gasteiger partial charge is 0.381 e. The van der Waals surface area contributed by atoms with Gasteiger partial charge in [0.1, 0.15) is 5.02 Å². The molecule has 1 saturated heterocycles. The molecule has 0 aliphatic carbocycles. The van der Waals surface area contributed by atoms with Crippen LogP contribution in [0.2, 0.25) is 5.02 Å². The molecule has 0 amide bonds. The minimum absolute atomic E-state index is 0.210. The molecule has 1 fully saturated rings. The van der Waals surface area contributed by atoms with Crippen LogP contribution in [0.5, 0.6) is 0 Å². The van der Waals surface area contributed by atoms with E-state index < -0.39 is 0 Å². The molecule has 25 heavy (non-hydrogen) atoms. The average Bonchev–Trinajstić information content (AvgIpc) is 2.91. The molecular weight excluding hydrogens is 336 g/mol. The lowest BCUT2D eigenvalue weighted by Crippen LogP contribution is -2.30. The van der Waals surface area contributed by atoms with E-state index in [1.165, 1.54) is 30.4 Å². The van der Waals surface area contributed by atoms with Gasteiger partial charge < -0.3 is 10.2 Å². The standard InChI is InChI=1S/C19H25ClN4O/c20-18-17(21-10-13-23-11-6-1-2-7-12-23)14-22-24(19(18)25)15-16-8-4-3-5-9-16/h3-5,8-9,14,21H,1-2,6-7,10-13,15H2. The lowest BCUT2D eigenvalue weighted by atomic mass is 10.2. The summed E-state index contributed by atoms with van der Waals surface area (Å²) in [4.78, 5) is 14.9. The molecule has 1 aliphatic rings. The van der Waals surface area contributed by atoms with Gasteiger partial charge >= 0.3 is 0 Å². The molecular formula is C19H25ClN4O. The highest BCUT2D eigenvalue weighted by Crippen LogP contribution is 2.16. The van der Waals surface area contributed by atoms with Crippen molar-refractivity contribution in [3.05, 3.63) is 57.5 Å². The van der Waals surface area contributed by atoms with Gasteiger partial charge in [-0.15, -0.1) is 0 Å². The van der Waals surface area contributed by atoms with Crippen LogP contribution in [0.15, 0.2) is 41.3 Å². The maximum Gasteiger partial charge on any atom is 0.287 e. The third-order valence-corrected chi connectivity index (χ3v) is 4.97. The van der Waals surface area contributed by atoms with Crippen molar-refractivity contribution < 1.29 is 0 Å². The maximum absolute atomic E-state index is 12.4. The molecule has 1 aromatic heterocycles. The van der Waals surface area contributed by atoms with Crippen LogP contribution in [0.1, 0.15) is 31.2 Å². The van der Waals surface area contributed by atoms with Crippen LogP contribution in [0.4, 0.5) is 5.69 Å². The number of nitrogens with zero attached hydrogens (tertiary/aromatic N) is 3. The van der Waals surface area contributed by atoms with Gasteiger partial charge in [-0.25, -0.2) is 4.68 Å². The number of anilines is 1. The second-order valence-electron chi connectivity index (χ2n) is 6.50. The lowest BCUT2D eigenvalue weighted by molar-refractivity contribution is 0.296. The Kier molecular flexibility index (Phi) is 6.48. The summed E-state index contributed by atoms with van der Waals surface area (Å²) in [6.07, 6.45) is 6.86. The van der Waals surface area contributed by atoms with Crippen molar-refractivity contribution in [2.24, 2.45) is 0 Å². The first-order chi connectivity index (χ1) is 12.2. The van der Waals surface area contributed by atoms with Crippen LogP contribution in [-0.2, 0) is 6.54 Å². The van der Waals surface area contributed by atoms with Crippen molar-refractivity contribution in [2.45, 2.75) is 32.2 Å². The van der Waals surface area contributed by atoms with Crippen LogP contribution >= 0.6 is 11.6 Å². The van der Waals surface area contributed by atoms with Gasteiger partial charge in [0.15, 0.2) is 0 Å². The molecule has 3 rings (SSSR count). The van der Waals surface area contributed by atoms with E-state index in [4.69, 9.17) is 11.6 Å². The molecule has 0 saturated carbocycles. The Balaban J connectivity index is 1.59. The zero-order valence-electron chi connectivity index (χ0n) is 14.5. The molecule has 5 nitrogen and oxygen atoms in total. The monoisotopic (exact) mass is 360 g/mol. The molecule has 0 bridgehead atoms. The van der Waals surface area contributed by atoms with Gasteiger partial charge in [-0.2, -0.15) is 5.10 Å². The van der Waals surface area contributed by atoms with Crippen molar-refractivity contribution in [2.75, 3.05) is 31.5 Å². The van der Waals surface area contributed by atoms with Gasteiger partial charge in [-0.1, -0.05) is 54.8 Å². The third-order valence-electron chi connectivity index (χ3n) is 4.60. The molecule has 1 aromatic carbocycles. The number of halogens is 1. The normalized spacial score (nSPS) is 15.7. The Morgan fingerprint density at radius 3 is 2.52 bits per heavy atom. The number of hydrogen-bond donors (Lipinski definition) is 1. The number of rotatable bonds is 6. The Morgan fingerprint density at radius 1 is 1.08 bits per heavy atom. The zero-order chi connectivity index (χ0) is 17.5. The topological polar surface area (TPSA) is 50.2 Å². The fourth-order valence-electron chi connectivity index (χ4n) is 3.17. The molecule has 6 heteroatoms. The minimum atomic E-state index is -0.259. The van der Waals surface area contributed by atoms with Crippen molar-refractivity contribution in [1.29, 1.82) is 0 Å². The average molecular weight is 361 g/mol. The summed E-state index contributed by atoms with van der Waals surface area (Å²) in [6.45, 7) is 4.47. The molecule has 0 unspecified atom stereocenters. The summed E-state index contributed by atoms with van der Waals surface area (Å²) < 4.78 is 1.40. The molecule has 2 aromatic rings. The highest BCUT2D eigenvalue weighted by atomic mass is 35.5. The smallest absolute Gasteiger partial charge is 0.287 e. The summed E-state index contributed by atoms with van der Waals surface area (Å²) in [7, 11) is 0. The Hall–Kier alpha value is -1.85. The first-order valence-corrected chi connectivity index (χ1v) is 9.37. The Labute approximate surface area is 153 Å². The fraction of sp³-hybridized carbons (Fsp3) is 0.474. The van der Waals surface area contributed by atoms with Crippen LogP contribution in [-0.4, -0.2) is 40.9 Å². The van der Waals surface area contributed by atoms with Gasteiger partial charge in [-0.3, -0.25) is 4.79 Å². The van der Waals surface area contributed by atoms with Crippen LogP contribution in [0.25, 0.3) is 0 Å². The van der Waals surface area contributed by atoms with E-state index in [0.29, 0.717) is 12.2 Å². The van der Waals surface area contributed by atoms with Crippen molar-refractivity contribution >= 4 is 17.3 Å². The Morgan fingerprint density at radius 2 is 1.80 bits per heavy atom. The molecule has 134 valence electrons. The van der Waals surface area contributed by atoms with Gasteiger partial charge in [0.25, 0.3) is 5.56 Å². The predicted molar refractivity (Wildman–Crippen MR) is 102 cm³/mol. The summed E-state index contributed by atoms with van der Waals surface area (Å²) >= 11 is 6.26. The van der Waals surface area contributed by atoms with E-state index in [-0.39, 0.29) is 10.6 Å². The van der Waals surface area contributed by atoms with Gasteiger partial charge in [0.05, 0.1) is 18.4 Å². The first-order valence-electron chi connectivity index (χ1n) is 9.00. The van der Waals surface area contributed by atoms with Crippen molar-refractivity contribution in [3.63, 3.8) is 0 Å². The van der Waals surface area contributed by atoms with E-state index in [1.807, 2.05) is 30.3 Å². The number of nitrogens with one attached hydrogen (secondary N) is 1. The number of likely N-dealkylation sites (tertiary alicyclic amines) is 1. The second-order valence-corrected chi connectivity index (χ2v) is 6.88. The third kappa shape index (κ3) is 5.06. The minimum Gasteiger partial charge on any atom is -0.381 e. The molecule has 0 atom stereocenters. The zero-order valence-corrected chi connectivity index (χ0v) is 15.2. The number of benzene rings is 1. The van der Waals surface area contributed by atoms with E-state index >= 15 is 0 Å². The number of aromatic nitrogens is 2. The summed E-state index contributed by atoms with van der Waals surface area (Å²) in [5.74, 6) is 0. The first kappa shape index (κ1) is 18.0. The van der Waals surface area contributed by atoms with Gasteiger partial charge in [0, 0.05) is 13.1 Å². The molecule has 2 heterocycles. The fourth-order valence-corrected chi connectivity index (χ4v) is 3.38. The van der Waals surface area contributed by atoms with E-state index in [2.05, 4.69) is 15.3 Å². The lowest BCUT2D eigenvalue weighted by Gasteiger charge is -2.20. The second kappa shape index (κ2) is 9.02. The highest BCUT2D eigenvalue weighted by molar-refractivity contribution is 6.32. The SMILES string of the molecule is O=c1c(Cl)c(NCCN2CCCCCC2)cnn1Cc1ccccc1. The van der Waals surface area contributed by atoms with Crippen LogP contribution in [0.3, 0.4) is 0 Å². The predicted octanol–water partition coefficient (Wildman–Crippen LogP) is 3.23. The number of hydrogen-bond acceptors (Lipinski definition) is 4. The molecule has 1 N–H and O–H groups in total. The van der Waals surface area contributed by atoms with Crippen molar-refractivity contribution in [3.8, 4) is 0 Å². The van der Waals surface area contributed by atoms with E-state index in [0.717, 1.165) is 31.7 Å². The quantitative estimate of drug-likeness (QED) is 0.859. The molecule has 1 aliphatic heterocycles. The van der Waals surface area contributed by atoms with Crippen LogP contribution in [0, 0.1) is 0 Å². The van der Waals surface area contributed by atoms with E-state index in [9.17, 15) is 4.79 Å². The molecule has 0 spiro atoms. The van der Waals surface area contributed by atoms with Gasteiger partial charge in [0.2, 0.25) is 0 Å². The van der Waals surface area contributed by atoms with Crippen LogP contribution < -0.4 is 10.9 Å². The van der Waals surface area contributed by atoms with Gasteiger partial charge in [-0.05, 0) is 31.5 Å². The van der Waals surface area contributed by atoms with E-state index in [1.54, 1.807) is 6.20 Å². The highest BCUT2D eigenvalue weighted by Gasteiger charge is 2.11. The summed E-state index contributed by atoms with van der Waals surface area (Å²) in [6, 6.07) is 9.77. The maximum atomic E-state index is 12.4. The Bertz CT molecular complexity index is 724. The molecule has 0 radical (unpaired) electrons. The van der Waals surface area contributed by atoms with Crippen molar-refractivity contribution in [1.82, 2.24) is 14.7 Å². The summed E-state index contributed by atoms with van der Waals surface area (Å²) in [5, 5.41) is 7.73.